The number of fused-ring (bicyclic) bond motifs is 1. The van der Waals surface area contributed by atoms with E-state index in [9.17, 15) is 14.7 Å². The van der Waals surface area contributed by atoms with Crippen molar-refractivity contribution in [3.05, 3.63) is 82.1 Å². The second-order valence-electron chi connectivity index (χ2n) is 5.20. The zero-order valence-corrected chi connectivity index (χ0v) is 12.3. The van der Waals surface area contributed by atoms with Gasteiger partial charge in [-0.1, -0.05) is 42.5 Å². The van der Waals surface area contributed by atoms with E-state index in [0.29, 0.717) is 10.9 Å². The summed E-state index contributed by atoms with van der Waals surface area (Å²) in [5.41, 5.74) is 1.15. The third-order valence-corrected chi connectivity index (χ3v) is 3.72. The van der Waals surface area contributed by atoms with Crippen LogP contribution in [0.2, 0.25) is 0 Å². The number of nitrogens with one attached hydrogen (secondary N) is 2. The summed E-state index contributed by atoms with van der Waals surface area (Å²) < 4.78 is 0. The maximum atomic E-state index is 12.4. The molecule has 0 saturated heterocycles. The van der Waals surface area contributed by atoms with Gasteiger partial charge >= 0.3 is 0 Å². The van der Waals surface area contributed by atoms with Crippen molar-refractivity contribution in [2.45, 2.75) is 6.04 Å². The number of aliphatic hydroxyl groups is 1. The summed E-state index contributed by atoms with van der Waals surface area (Å²) in [7, 11) is 0. The lowest BCUT2D eigenvalue weighted by Gasteiger charge is -2.16. The second kappa shape index (κ2) is 6.46. The van der Waals surface area contributed by atoms with E-state index < -0.39 is 11.9 Å². The predicted octanol–water partition coefficient (Wildman–Crippen LogP) is 1.99. The van der Waals surface area contributed by atoms with Crippen molar-refractivity contribution in [3.63, 3.8) is 0 Å². The molecular formula is C18H16N2O3. The predicted molar refractivity (Wildman–Crippen MR) is 88.3 cm³/mol. The van der Waals surface area contributed by atoms with Gasteiger partial charge < -0.3 is 15.4 Å². The van der Waals surface area contributed by atoms with E-state index in [4.69, 9.17) is 0 Å². The third kappa shape index (κ3) is 3.00. The van der Waals surface area contributed by atoms with Crippen LogP contribution >= 0.6 is 0 Å². The van der Waals surface area contributed by atoms with Crippen LogP contribution in [0.4, 0.5) is 0 Å². The zero-order valence-electron chi connectivity index (χ0n) is 12.3. The Labute approximate surface area is 132 Å². The Bertz CT molecular complexity index is 887. The summed E-state index contributed by atoms with van der Waals surface area (Å²) in [6.07, 6.45) is 1.40. The van der Waals surface area contributed by atoms with Gasteiger partial charge in [0.2, 0.25) is 5.43 Å². The summed E-state index contributed by atoms with van der Waals surface area (Å²) in [5.74, 6) is -0.514. The Balaban J connectivity index is 1.91. The molecule has 0 unspecified atom stereocenters. The van der Waals surface area contributed by atoms with Gasteiger partial charge in [0, 0.05) is 17.1 Å². The van der Waals surface area contributed by atoms with Crippen LogP contribution in [0.3, 0.4) is 0 Å². The van der Waals surface area contributed by atoms with Gasteiger partial charge in [-0.05, 0) is 17.7 Å². The second-order valence-corrected chi connectivity index (χ2v) is 5.20. The van der Waals surface area contributed by atoms with Gasteiger partial charge in [0.15, 0.2) is 0 Å². The first-order valence-corrected chi connectivity index (χ1v) is 7.28. The largest absolute Gasteiger partial charge is 0.394 e. The molecule has 3 aromatic rings. The molecule has 2 aromatic carbocycles. The molecule has 3 rings (SSSR count). The first-order chi connectivity index (χ1) is 11.2. The van der Waals surface area contributed by atoms with E-state index >= 15 is 0 Å². The number of pyridine rings is 1. The van der Waals surface area contributed by atoms with Crippen molar-refractivity contribution in [1.29, 1.82) is 0 Å². The number of rotatable bonds is 4. The number of benzene rings is 2. The molecule has 0 saturated carbocycles. The van der Waals surface area contributed by atoms with Crippen molar-refractivity contribution >= 4 is 16.8 Å². The zero-order chi connectivity index (χ0) is 16.2. The number of aromatic amines is 1. The lowest BCUT2D eigenvalue weighted by Crippen LogP contribution is -2.34. The smallest absolute Gasteiger partial charge is 0.257 e. The van der Waals surface area contributed by atoms with Gasteiger partial charge in [-0.15, -0.1) is 0 Å². The van der Waals surface area contributed by atoms with Gasteiger partial charge in [-0.25, -0.2) is 0 Å². The molecule has 1 aromatic heterocycles. The van der Waals surface area contributed by atoms with Crippen molar-refractivity contribution in [2.24, 2.45) is 0 Å². The molecule has 3 N–H and O–H groups in total. The molecule has 0 spiro atoms. The van der Waals surface area contributed by atoms with Gasteiger partial charge in [0.05, 0.1) is 12.6 Å². The molecule has 0 aliphatic carbocycles. The van der Waals surface area contributed by atoms with E-state index in [1.54, 1.807) is 18.2 Å². The number of aliphatic hydroxyl groups excluding tert-OH is 1. The van der Waals surface area contributed by atoms with E-state index in [2.05, 4.69) is 10.3 Å². The van der Waals surface area contributed by atoms with Crippen LogP contribution in [-0.2, 0) is 0 Å². The standard InChI is InChI=1S/C18H16N2O3/c21-11-16(12-6-2-1-3-7-12)20-18(23)14-10-19-15-9-5-4-8-13(15)17(14)22/h1-10,16,21H,11H2,(H,19,22)(H,20,23)/t16-/m1/s1. The molecule has 5 heteroatoms. The quantitative estimate of drug-likeness (QED) is 0.689. The molecular weight excluding hydrogens is 292 g/mol. The van der Waals surface area contributed by atoms with Crippen molar-refractivity contribution < 1.29 is 9.90 Å². The summed E-state index contributed by atoms with van der Waals surface area (Å²) in [6, 6.07) is 15.6. The van der Waals surface area contributed by atoms with Gasteiger partial charge in [0.25, 0.3) is 5.91 Å². The van der Waals surface area contributed by atoms with Crippen molar-refractivity contribution in [2.75, 3.05) is 6.61 Å². The van der Waals surface area contributed by atoms with E-state index in [-0.39, 0.29) is 17.6 Å². The average Bonchev–Trinajstić information content (AvgIpc) is 2.60. The fourth-order valence-electron chi connectivity index (χ4n) is 2.49. The minimum absolute atomic E-state index is 0.0260. The Morgan fingerprint density at radius 2 is 1.78 bits per heavy atom. The number of hydrogen-bond acceptors (Lipinski definition) is 3. The van der Waals surface area contributed by atoms with Crippen LogP contribution < -0.4 is 10.7 Å². The normalized spacial score (nSPS) is 12.0. The summed E-state index contributed by atoms with van der Waals surface area (Å²) in [4.78, 5) is 27.8. The highest BCUT2D eigenvalue weighted by atomic mass is 16.3. The Hall–Kier alpha value is -2.92. The van der Waals surface area contributed by atoms with Crippen molar-refractivity contribution in [3.8, 4) is 0 Å². The van der Waals surface area contributed by atoms with Crippen molar-refractivity contribution in [1.82, 2.24) is 10.3 Å². The third-order valence-electron chi connectivity index (χ3n) is 3.72. The van der Waals surface area contributed by atoms with Crippen LogP contribution in [0, 0.1) is 0 Å². The van der Waals surface area contributed by atoms with Crippen LogP contribution in [0.15, 0.2) is 65.6 Å². The molecule has 1 atom stereocenters. The molecule has 1 heterocycles. The lowest BCUT2D eigenvalue weighted by molar-refractivity contribution is 0.0915. The van der Waals surface area contributed by atoms with Crippen LogP contribution in [0.5, 0.6) is 0 Å². The number of amides is 1. The number of carbonyl (C=O) groups is 1. The number of hydrogen-bond donors (Lipinski definition) is 3. The minimum Gasteiger partial charge on any atom is -0.394 e. The molecule has 0 bridgehead atoms. The lowest BCUT2D eigenvalue weighted by atomic mass is 10.1. The number of H-pyrrole nitrogens is 1. The summed E-state index contributed by atoms with van der Waals surface area (Å²) in [5, 5.41) is 12.7. The highest BCUT2D eigenvalue weighted by molar-refractivity contribution is 5.97. The number of aromatic nitrogens is 1. The van der Waals surface area contributed by atoms with Crippen LogP contribution in [-0.4, -0.2) is 22.6 Å². The summed E-state index contributed by atoms with van der Waals surface area (Å²) in [6.45, 7) is -0.249. The SMILES string of the molecule is O=C(N[C@H](CO)c1ccccc1)c1c[nH]c2ccccc2c1=O. The Morgan fingerprint density at radius 1 is 1.09 bits per heavy atom. The fourth-order valence-corrected chi connectivity index (χ4v) is 2.49. The molecule has 0 radical (unpaired) electrons. The fraction of sp³-hybridized carbons (Fsp3) is 0.111. The number of para-hydroxylation sites is 1. The highest BCUT2D eigenvalue weighted by Gasteiger charge is 2.18. The average molecular weight is 308 g/mol. The van der Waals surface area contributed by atoms with E-state index in [1.165, 1.54) is 6.20 Å². The minimum atomic E-state index is -0.561. The monoisotopic (exact) mass is 308 g/mol. The van der Waals surface area contributed by atoms with Gasteiger partial charge in [0.1, 0.15) is 5.56 Å². The number of carbonyl (C=O) groups excluding carboxylic acids is 1. The molecule has 0 fully saturated rings. The van der Waals surface area contributed by atoms with E-state index in [1.807, 2.05) is 36.4 Å². The molecule has 1 amide bonds. The molecule has 23 heavy (non-hydrogen) atoms. The maximum absolute atomic E-state index is 12.4. The molecule has 116 valence electrons. The summed E-state index contributed by atoms with van der Waals surface area (Å²) >= 11 is 0. The first-order valence-electron chi connectivity index (χ1n) is 7.28. The molecule has 0 aliphatic heterocycles. The topological polar surface area (TPSA) is 82.2 Å². The Morgan fingerprint density at radius 3 is 2.52 bits per heavy atom. The van der Waals surface area contributed by atoms with E-state index in [0.717, 1.165) is 5.56 Å². The van der Waals surface area contributed by atoms with Gasteiger partial charge in [-0.2, -0.15) is 0 Å². The van der Waals surface area contributed by atoms with Gasteiger partial charge in [-0.3, -0.25) is 9.59 Å². The van der Waals surface area contributed by atoms with Crippen LogP contribution in [0.25, 0.3) is 10.9 Å². The maximum Gasteiger partial charge on any atom is 0.257 e. The first kappa shape index (κ1) is 15.0. The molecule has 5 nitrogen and oxygen atoms in total. The highest BCUT2D eigenvalue weighted by Crippen LogP contribution is 2.13. The van der Waals surface area contributed by atoms with Crippen LogP contribution in [0.1, 0.15) is 22.0 Å². The Kier molecular flexibility index (Phi) is 4.21. The molecule has 0 aliphatic rings.